The zero-order chi connectivity index (χ0) is 31.5. The Kier molecular flexibility index (Phi) is 11.6. The molecule has 4 rings (SSSR count). The molecule has 1 aromatic heterocycles. The summed E-state index contributed by atoms with van der Waals surface area (Å²) in [6, 6.07) is 27.3. The van der Waals surface area contributed by atoms with Gasteiger partial charge < -0.3 is 31.9 Å². The van der Waals surface area contributed by atoms with Crippen LogP contribution in [0.15, 0.2) is 97.2 Å². The molecule has 0 spiro atoms. The number of pyridine rings is 1. The van der Waals surface area contributed by atoms with Crippen LogP contribution < -0.4 is 21.7 Å². The maximum Gasteiger partial charge on any atom is 0.251 e. The Balaban J connectivity index is 1.17. The fourth-order valence-corrected chi connectivity index (χ4v) is 4.79. The van der Waals surface area contributed by atoms with Gasteiger partial charge in [0.15, 0.2) is 0 Å². The third kappa shape index (κ3) is 9.74. The second kappa shape index (κ2) is 15.8. The normalized spacial score (nSPS) is 13.8. The van der Waals surface area contributed by atoms with E-state index < -0.39 is 18.2 Å². The minimum atomic E-state index is -0.809. The summed E-state index contributed by atoms with van der Waals surface area (Å²) in [4.78, 5) is 29.3. The Bertz CT molecular complexity index is 1480. The highest BCUT2D eigenvalue weighted by Crippen LogP contribution is 2.17. The van der Waals surface area contributed by atoms with Crippen molar-refractivity contribution < 1.29 is 19.8 Å². The summed E-state index contributed by atoms with van der Waals surface area (Å²) in [7, 11) is 0. The van der Waals surface area contributed by atoms with E-state index in [1.165, 1.54) is 0 Å². The Morgan fingerprint density at radius 1 is 0.818 bits per heavy atom. The number of aromatic nitrogens is 1. The number of nitrogens with two attached hydrogens (primary N) is 1. The Morgan fingerprint density at radius 3 is 2.14 bits per heavy atom. The van der Waals surface area contributed by atoms with Crippen molar-refractivity contribution in [2.75, 3.05) is 12.3 Å². The molecule has 0 aliphatic heterocycles. The first-order valence-electron chi connectivity index (χ1n) is 14.8. The molecule has 0 aliphatic rings. The predicted octanol–water partition coefficient (Wildman–Crippen LogP) is 3.63. The van der Waals surface area contributed by atoms with Gasteiger partial charge in [-0.15, -0.1) is 0 Å². The zero-order valence-corrected chi connectivity index (χ0v) is 25.1. The maximum absolute atomic E-state index is 12.7. The molecule has 44 heavy (non-hydrogen) atoms. The van der Waals surface area contributed by atoms with E-state index in [9.17, 15) is 19.8 Å². The molecule has 1 heterocycles. The summed E-state index contributed by atoms with van der Waals surface area (Å²) < 4.78 is 0. The van der Waals surface area contributed by atoms with Crippen molar-refractivity contribution in [2.45, 2.75) is 57.5 Å². The van der Waals surface area contributed by atoms with E-state index >= 15 is 0 Å². The van der Waals surface area contributed by atoms with Gasteiger partial charge in [0, 0.05) is 36.5 Å². The van der Waals surface area contributed by atoms with E-state index in [0.717, 1.165) is 28.7 Å². The number of aliphatic hydroxyl groups excluding tert-OH is 2. The molecule has 4 aromatic rings. The molecule has 0 fully saturated rings. The van der Waals surface area contributed by atoms with E-state index in [1.807, 2.05) is 66.7 Å². The van der Waals surface area contributed by atoms with Gasteiger partial charge in [0.25, 0.3) is 5.91 Å². The SMILES string of the molecule is CC(Cc1ccc(CC(=O)NCc2ccc(C(=O)N[C@@H](C)[C@@H](O)c3ccccc3)cc2)cc1)NC[C@@H](O)c1ccc(N)nc1. The van der Waals surface area contributed by atoms with Crippen molar-refractivity contribution in [3.8, 4) is 0 Å². The van der Waals surface area contributed by atoms with Crippen LogP contribution in [0, 0.1) is 0 Å². The second-order valence-corrected chi connectivity index (χ2v) is 11.1. The van der Waals surface area contributed by atoms with Crippen molar-refractivity contribution in [3.05, 3.63) is 131 Å². The van der Waals surface area contributed by atoms with Gasteiger partial charge in [-0.3, -0.25) is 9.59 Å². The van der Waals surface area contributed by atoms with Gasteiger partial charge in [0.05, 0.1) is 24.7 Å². The van der Waals surface area contributed by atoms with Gasteiger partial charge in [-0.1, -0.05) is 72.8 Å². The fraction of sp³-hybridized carbons (Fsp3) is 0.286. The number of carbonyl (C=O) groups excluding carboxylic acids is 2. The van der Waals surface area contributed by atoms with Crippen molar-refractivity contribution in [2.24, 2.45) is 0 Å². The number of nitrogens with zero attached hydrogens (tertiary/aromatic N) is 1. The third-order valence-corrected chi connectivity index (χ3v) is 7.46. The molecule has 7 N–H and O–H groups in total. The van der Waals surface area contributed by atoms with Crippen LogP contribution in [-0.2, 0) is 24.2 Å². The Labute approximate surface area is 258 Å². The van der Waals surface area contributed by atoms with Gasteiger partial charge in [-0.05, 0) is 60.7 Å². The van der Waals surface area contributed by atoms with Gasteiger partial charge in [-0.25, -0.2) is 4.98 Å². The molecule has 0 radical (unpaired) electrons. The lowest BCUT2D eigenvalue weighted by atomic mass is 10.0. The van der Waals surface area contributed by atoms with Crippen LogP contribution in [0.4, 0.5) is 5.82 Å². The number of rotatable bonds is 14. The largest absolute Gasteiger partial charge is 0.387 e. The summed E-state index contributed by atoms with van der Waals surface area (Å²) in [6.45, 7) is 4.58. The molecule has 9 nitrogen and oxygen atoms in total. The molecule has 1 unspecified atom stereocenters. The lowest BCUT2D eigenvalue weighted by Crippen LogP contribution is -2.37. The smallest absolute Gasteiger partial charge is 0.251 e. The molecule has 2 amide bonds. The highest BCUT2D eigenvalue weighted by atomic mass is 16.3. The van der Waals surface area contributed by atoms with Crippen LogP contribution in [0.2, 0.25) is 0 Å². The van der Waals surface area contributed by atoms with Gasteiger partial charge in [-0.2, -0.15) is 0 Å². The monoisotopic (exact) mass is 595 g/mol. The molecule has 9 heteroatoms. The molecule has 0 saturated heterocycles. The highest BCUT2D eigenvalue weighted by Gasteiger charge is 2.19. The first-order chi connectivity index (χ1) is 21.2. The van der Waals surface area contributed by atoms with E-state index in [-0.39, 0.29) is 24.3 Å². The van der Waals surface area contributed by atoms with Gasteiger partial charge in [0.1, 0.15) is 5.82 Å². The molecular formula is C35H41N5O4. The van der Waals surface area contributed by atoms with E-state index in [0.29, 0.717) is 30.0 Å². The van der Waals surface area contributed by atoms with E-state index in [2.05, 4.69) is 27.9 Å². The summed E-state index contributed by atoms with van der Waals surface area (Å²) in [5, 5.41) is 30.0. The number of aliphatic hydroxyl groups is 2. The molecule has 0 saturated carbocycles. The number of hydrogen-bond acceptors (Lipinski definition) is 7. The van der Waals surface area contributed by atoms with Crippen LogP contribution in [0.5, 0.6) is 0 Å². The molecule has 4 atom stereocenters. The third-order valence-electron chi connectivity index (χ3n) is 7.46. The van der Waals surface area contributed by atoms with Crippen molar-refractivity contribution in [1.29, 1.82) is 0 Å². The topological polar surface area (TPSA) is 150 Å². The number of anilines is 1. The van der Waals surface area contributed by atoms with Gasteiger partial charge in [0.2, 0.25) is 5.91 Å². The number of benzene rings is 3. The zero-order valence-electron chi connectivity index (χ0n) is 25.1. The molecule has 3 aromatic carbocycles. The van der Waals surface area contributed by atoms with Crippen molar-refractivity contribution in [3.63, 3.8) is 0 Å². The first-order valence-corrected chi connectivity index (χ1v) is 14.8. The summed E-state index contributed by atoms with van der Waals surface area (Å²) >= 11 is 0. The fourth-order valence-electron chi connectivity index (χ4n) is 4.79. The Morgan fingerprint density at radius 2 is 1.48 bits per heavy atom. The van der Waals surface area contributed by atoms with E-state index in [4.69, 9.17) is 5.73 Å². The maximum atomic E-state index is 12.7. The van der Waals surface area contributed by atoms with E-state index in [1.54, 1.807) is 37.4 Å². The number of nitrogens with one attached hydrogen (secondary N) is 3. The number of hydrogen-bond donors (Lipinski definition) is 6. The molecule has 230 valence electrons. The van der Waals surface area contributed by atoms with Gasteiger partial charge >= 0.3 is 0 Å². The predicted molar refractivity (Wildman–Crippen MR) is 172 cm³/mol. The number of amides is 2. The molecular weight excluding hydrogens is 554 g/mol. The standard InChI is InChI=1S/C35H41N5O4/c1-23(37-22-31(41)30-16-17-32(36)38-21-30)18-25-8-10-26(11-9-25)19-33(42)39-20-27-12-14-29(15-13-27)35(44)40-24(2)34(43)28-6-4-3-5-7-28/h3-17,21,23-24,31,34,37,41,43H,18-20,22H2,1-2H3,(H2,36,38)(H,39,42)(H,40,44)/t23?,24-,31+,34+/m0/s1. The van der Waals surface area contributed by atoms with Crippen molar-refractivity contribution in [1.82, 2.24) is 20.9 Å². The van der Waals surface area contributed by atoms with Crippen molar-refractivity contribution >= 4 is 17.6 Å². The van der Waals surface area contributed by atoms with Crippen LogP contribution in [-0.4, -0.2) is 45.6 Å². The van der Waals surface area contributed by atoms with Crippen LogP contribution in [0.3, 0.4) is 0 Å². The summed E-state index contributed by atoms with van der Waals surface area (Å²) in [5.41, 5.74) is 10.5. The number of carbonyl (C=O) groups is 2. The van der Waals surface area contributed by atoms with Crippen LogP contribution in [0.1, 0.15) is 64.2 Å². The second-order valence-electron chi connectivity index (χ2n) is 11.1. The average Bonchev–Trinajstić information content (AvgIpc) is 3.04. The number of nitrogen functional groups attached to an aromatic ring is 1. The summed E-state index contributed by atoms with van der Waals surface area (Å²) in [6.07, 6.45) is 1.15. The minimum Gasteiger partial charge on any atom is -0.387 e. The quantitative estimate of drug-likeness (QED) is 0.130. The molecule has 0 bridgehead atoms. The minimum absolute atomic E-state index is 0.0931. The highest BCUT2D eigenvalue weighted by molar-refractivity contribution is 5.94. The van der Waals surface area contributed by atoms with Crippen LogP contribution >= 0.6 is 0 Å². The first kappa shape index (κ1) is 32.3. The Hall–Kier alpha value is -4.57. The van der Waals surface area contributed by atoms with Crippen LogP contribution in [0.25, 0.3) is 0 Å². The lowest BCUT2D eigenvalue weighted by Gasteiger charge is -2.20. The average molecular weight is 596 g/mol. The lowest BCUT2D eigenvalue weighted by molar-refractivity contribution is -0.120. The molecule has 0 aliphatic carbocycles. The summed E-state index contributed by atoms with van der Waals surface area (Å²) in [5.74, 6) is 0.0541.